The molecule has 0 bridgehead atoms. The van der Waals surface area contributed by atoms with Crippen LogP contribution in [0.5, 0.6) is 5.75 Å². The number of carbonyl (C=O) groups excluding carboxylic acids is 2. The summed E-state index contributed by atoms with van der Waals surface area (Å²) in [7, 11) is -1.97. The first-order valence-electron chi connectivity index (χ1n) is 13.2. The molecule has 0 saturated carbocycles. The van der Waals surface area contributed by atoms with Crippen molar-refractivity contribution in [3.63, 3.8) is 0 Å². The van der Waals surface area contributed by atoms with Crippen LogP contribution in [0.3, 0.4) is 0 Å². The van der Waals surface area contributed by atoms with Crippen molar-refractivity contribution in [2.45, 2.75) is 78.9 Å². The van der Waals surface area contributed by atoms with Crippen molar-refractivity contribution >= 4 is 27.5 Å². The largest absolute Gasteiger partial charge is 0.497 e. The first kappa shape index (κ1) is 31.1. The van der Waals surface area contributed by atoms with E-state index in [1.807, 2.05) is 77.1 Å². The number of benzene rings is 2. The fraction of sp³-hybridized carbons (Fsp3) is 0.517. The van der Waals surface area contributed by atoms with Gasteiger partial charge in [-0.1, -0.05) is 38.1 Å². The molecule has 0 radical (unpaired) electrons. The van der Waals surface area contributed by atoms with Crippen LogP contribution >= 0.6 is 0 Å². The number of nitrogens with one attached hydrogen (secondary N) is 1. The fourth-order valence-corrected chi connectivity index (χ4v) is 5.31. The van der Waals surface area contributed by atoms with Gasteiger partial charge in [0.2, 0.25) is 21.8 Å². The first-order valence-corrected chi connectivity index (χ1v) is 15.0. The van der Waals surface area contributed by atoms with E-state index in [1.165, 1.54) is 10.6 Å². The molecule has 0 aliphatic carbocycles. The number of hydrogen-bond acceptors (Lipinski definition) is 5. The van der Waals surface area contributed by atoms with E-state index in [2.05, 4.69) is 5.32 Å². The van der Waals surface area contributed by atoms with E-state index in [4.69, 9.17) is 4.74 Å². The Hall–Kier alpha value is -3.07. The molecular weight excluding hydrogens is 502 g/mol. The molecule has 2 aromatic rings. The topological polar surface area (TPSA) is 96.0 Å². The summed E-state index contributed by atoms with van der Waals surface area (Å²) in [6.45, 7) is 10.0. The second-order valence-corrected chi connectivity index (χ2v) is 11.8. The van der Waals surface area contributed by atoms with Gasteiger partial charge >= 0.3 is 0 Å². The third-order valence-electron chi connectivity index (χ3n) is 6.66. The van der Waals surface area contributed by atoms with Crippen molar-refractivity contribution in [2.24, 2.45) is 0 Å². The van der Waals surface area contributed by atoms with E-state index in [0.717, 1.165) is 23.1 Å². The lowest BCUT2D eigenvalue weighted by atomic mass is 10.1. The zero-order valence-corrected chi connectivity index (χ0v) is 24.6. The molecule has 1 N–H and O–H groups in total. The van der Waals surface area contributed by atoms with Crippen LogP contribution < -0.4 is 14.4 Å². The van der Waals surface area contributed by atoms with E-state index >= 15 is 0 Å². The Morgan fingerprint density at radius 2 is 1.76 bits per heavy atom. The average molecular weight is 546 g/mol. The summed E-state index contributed by atoms with van der Waals surface area (Å²) >= 11 is 0. The van der Waals surface area contributed by atoms with Gasteiger partial charge in [-0.05, 0) is 74.9 Å². The highest BCUT2D eigenvalue weighted by Gasteiger charge is 2.29. The number of ether oxygens (including phenoxy) is 1. The normalized spacial score (nSPS) is 12.9. The van der Waals surface area contributed by atoms with Gasteiger partial charge in [0.25, 0.3) is 0 Å². The van der Waals surface area contributed by atoms with Crippen molar-refractivity contribution in [1.29, 1.82) is 0 Å². The zero-order valence-electron chi connectivity index (χ0n) is 23.8. The van der Waals surface area contributed by atoms with Gasteiger partial charge in [0, 0.05) is 25.6 Å². The van der Waals surface area contributed by atoms with Crippen molar-refractivity contribution in [3.05, 3.63) is 59.2 Å². The molecule has 2 atom stereocenters. The summed E-state index contributed by atoms with van der Waals surface area (Å²) in [4.78, 5) is 28.4. The molecule has 210 valence electrons. The van der Waals surface area contributed by atoms with Crippen LogP contribution in [0.1, 0.15) is 63.1 Å². The molecule has 0 aliphatic rings. The highest BCUT2D eigenvalue weighted by molar-refractivity contribution is 7.92. The number of aryl methyl sites for hydroxylation is 2. The summed E-state index contributed by atoms with van der Waals surface area (Å²) in [6.07, 6.45) is 2.84. The lowest BCUT2D eigenvalue weighted by Crippen LogP contribution is -2.50. The van der Waals surface area contributed by atoms with Gasteiger partial charge in [-0.25, -0.2) is 8.42 Å². The SMILES string of the molecule is CC[C@@H](C)NC(=O)[C@@H](CC)N(Cc1cccc(OC)c1)C(=O)CCCN(c1cc(C)ccc1C)S(C)(=O)=O. The lowest BCUT2D eigenvalue weighted by molar-refractivity contribution is -0.141. The van der Waals surface area contributed by atoms with Crippen LogP contribution in [0.4, 0.5) is 5.69 Å². The number of nitrogens with zero attached hydrogens (tertiary/aromatic N) is 2. The minimum atomic E-state index is -3.55. The number of carbonyl (C=O) groups is 2. The molecule has 2 aromatic carbocycles. The molecule has 0 aromatic heterocycles. The number of methoxy groups -OCH3 is 1. The Labute approximate surface area is 228 Å². The van der Waals surface area contributed by atoms with Crippen LogP contribution in [-0.4, -0.2) is 57.1 Å². The lowest BCUT2D eigenvalue weighted by Gasteiger charge is -2.32. The Morgan fingerprint density at radius 1 is 1.05 bits per heavy atom. The van der Waals surface area contributed by atoms with E-state index in [0.29, 0.717) is 24.3 Å². The van der Waals surface area contributed by atoms with Gasteiger partial charge in [0.05, 0.1) is 19.1 Å². The quantitative estimate of drug-likeness (QED) is 0.375. The highest BCUT2D eigenvalue weighted by atomic mass is 32.2. The van der Waals surface area contributed by atoms with Crippen molar-refractivity contribution in [2.75, 3.05) is 24.2 Å². The predicted octanol–water partition coefficient (Wildman–Crippen LogP) is 4.58. The van der Waals surface area contributed by atoms with E-state index in [1.54, 1.807) is 12.0 Å². The molecule has 0 heterocycles. The molecule has 0 spiro atoms. The molecule has 2 rings (SSSR count). The maximum atomic E-state index is 13.6. The molecule has 0 fully saturated rings. The summed E-state index contributed by atoms with van der Waals surface area (Å²) < 4.78 is 32.0. The minimum Gasteiger partial charge on any atom is -0.497 e. The predicted molar refractivity (Wildman–Crippen MR) is 153 cm³/mol. The standard InChI is InChI=1S/C29H43N3O5S/c1-8-23(5)30-29(34)26(9-2)31(20-24-12-10-13-25(19-24)37-6)28(33)14-11-17-32(38(7,35)36)27-18-21(3)15-16-22(27)4/h10,12-13,15-16,18-19,23,26H,8-9,11,14,17,20H2,1-7H3,(H,30,34)/t23-,26-/m1/s1. The van der Waals surface area contributed by atoms with Gasteiger partial charge in [-0.3, -0.25) is 13.9 Å². The summed E-state index contributed by atoms with van der Waals surface area (Å²) in [6, 6.07) is 12.5. The Kier molecular flexibility index (Phi) is 11.6. The van der Waals surface area contributed by atoms with E-state index < -0.39 is 16.1 Å². The van der Waals surface area contributed by atoms with Crippen LogP contribution in [-0.2, 0) is 26.2 Å². The number of hydrogen-bond donors (Lipinski definition) is 1. The van der Waals surface area contributed by atoms with Gasteiger partial charge in [0.15, 0.2) is 0 Å². The molecule has 2 amide bonds. The molecule has 9 heteroatoms. The fourth-order valence-electron chi connectivity index (χ4n) is 4.30. The van der Waals surface area contributed by atoms with Crippen LogP contribution in [0.25, 0.3) is 0 Å². The smallest absolute Gasteiger partial charge is 0.243 e. The Bertz CT molecular complexity index is 1200. The number of anilines is 1. The summed E-state index contributed by atoms with van der Waals surface area (Å²) in [5.41, 5.74) is 3.27. The number of sulfonamides is 1. The van der Waals surface area contributed by atoms with Gasteiger partial charge in [0.1, 0.15) is 11.8 Å². The van der Waals surface area contributed by atoms with Crippen molar-refractivity contribution < 1.29 is 22.7 Å². The first-order chi connectivity index (χ1) is 17.9. The summed E-state index contributed by atoms with van der Waals surface area (Å²) in [5, 5.41) is 3.01. The molecular formula is C29H43N3O5S. The second kappa shape index (κ2) is 14.2. The Balaban J connectivity index is 2.28. The third-order valence-corrected chi connectivity index (χ3v) is 7.84. The number of rotatable bonds is 14. The van der Waals surface area contributed by atoms with Gasteiger partial charge in [-0.2, -0.15) is 0 Å². The minimum absolute atomic E-state index is 0.00814. The molecule has 38 heavy (non-hydrogen) atoms. The summed E-state index contributed by atoms with van der Waals surface area (Å²) in [5.74, 6) is 0.281. The van der Waals surface area contributed by atoms with Crippen LogP contribution in [0.15, 0.2) is 42.5 Å². The highest BCUT2D eigenvalue weighted by Crippen LogP contribution is 2.25. The van der Waals surface area contributed by atoms with Crippen LogP contribution in [0.2, 0.25) is 0 Å². The third kappa shape index (κ3) is 8.75. The second-order valence-electron chi connectivity index (χ2n) is 9.84. The average Bonchev–Trinajstić information content (AvgIpc) is 2.87. The zero-order chi connectivity index (χ0) is 28.5. The molecule has 0 saturated heterocycles. The van der Waals surface area contributed by atoms with E-state index in [9.17, 15) is 18.0 Å². The maximum absolute atomic E-state index is 13.6. The van der Waals surface area contributed by atoms with Gasteiger partial charge < -0.3 is 15.0 Å². The van der Waals surface area contributed by atoms with Crippen molar-refractivity contribution in [1.82, 2.24) is 10.2 Å². The van der Waals surface area contributed by atoms with Gasteiger partial charge in [-0.15, -0.1) is 0 Å². The molecule has 0 unspecified atom stereocenters. The number of amides is 2. The monoisotopic (exact) mass is 545 g/mol. The van der Waals surface area contributed by atoms with Crippen molar-refractivity contribution in [3.8, 4) is 5.75 Å². The van der Waals surface area contributed by atoms with E-state index in [-0.39, 0.29) is 37.4 Å². The maximum Gasteiger partial charge on any atom is 0.243 e. The molecule has 0 aliphatic heterocycles. The van der Waals surface area contributed by atoms with Crippen LogP contribution in [0, 0.1) is 13.8 Å². The Morgan fingerprint density at radius 3 is 2.37 bits per heavy atom. The molecule has 8 nitrogen and oxygen atoms in total.